The third-order valence-corrected chi connectivity index (χ3v) is 5.82. The minimum atomic E-state index is -0.234. The maximum atomic E-state index is 12.8. The van der Waals surface area contributed by atoms with Crippen LogP contribution in [0, 0.1) is 6.92 Å². The zero-order chi connectivity index (χ0) is 19.8. The van der Waals surface area contributed by atoms with Crippen LogP contribution in [0.2, 0.25) is 0 Å². The number of thiazole rings is 1. The summed E-state index contributed by atoms with van der Waals surface area (Å²) < 4.78 is 0. The molecule has 5 nitrogen and oxygen atoms in total. The second-order valence-electron chi connectivity index (χ2n) is 6.67. The Balaban J connectivity index is 1.48. The lowest BCUT2D eigenvalue weighted by Crippen LogP contribution is -2.14. The number of amides is 1. The Bertz CT molecular complexity index is 1340. The molecule has 0 aliphatic carbocycles. The highest BCUT2D eigenvalue weighted by Crippen LogP contribution is 2.33. The fraction of sp³-hybridized carbons (Fsp3) is 0.0435. The molecule has 1 N–H and O–H groups in total. The SMILES string of the molecule is Cc1c(NC(=O)c2ccc3ccccc3n2)cccc1-c1nc2cccnc2s1. The lowest BCUT2D eigenvalue weighted by Gasteiger charge is -2.11. The maximum absolute atomic E-state index is 12.8. The molecule has 0 aliphatic rings. The van der Waals surface area contributed by atoms with Crippen LogP contribution in [-0.4, -0.2) is 20.9 Å². The van der Waals surface area contributed by atoms with Crippen molar-refractivity contribution in [2.75, 3.05) is 5.32 Å². The lowest BCUT2D eigenvalue weighted by molar-refractivity contribution is 0.102. The Hall–Kier alpha value is -3.64. The molecule has 0 saturated carbocycles. The fourth-order valence-electron chi connectivity index (χ4n) is 3.27. The van der Waals surface area contributed by atoms with Crippen molar-refractivity contribution in [3.05, 3.63) is 84.2 Å². The summed E-state index contributed by atoms with van der Waals surface area (Å²) in [6.07, 6.45) is 1.77. The van der Waals surface area contributed by atoms with E-state index in [1.165, 1.54) is 0 Å². The Labute approximate surface area is 171 Å². The number of rotatable bonds is 3. The van der Waals surface area contributed by atoms with Crippen LogP contribution in [0.4, 0.5) is 5.69 Å². The number of nitrogens with zero attached hydrogens (tertiary/aromatic N) is 3. The first-order valence-electron chi connectivity index (χ1n) is 9.18. The average molecular weight is 396 g/mol. The zero-order valence-electron chi connectivity index (χ0n) is 15.6. The van der Waals surface area contributed by atoms with Gasteiger partial charge in [-0.15, -0.1) is 0 Å². The normalized spacial score (nSPS) is 11.1. The summed E-state index contributed by atoms with van der Waals surface area (Å²) in [4.78, 5) is 27.2. The molecule has 0 saturated heterocycles. The number of aromatic nitrogens is 3. The number of benzene rings is 2. The van der Waals surface area contributed by atoms with Gasteiger partial charge in [0.1, 0.15) is 21.0 Å². The molecule has 0 unspecified atom stereocenters. The van der Waals surface area contributed by atoms with E-state index in [1.807, 2.05) is 67.6 Å². The molecular formula is C23H16N4OS. The molecule has 0 atom stereocenters. The standard InChI is InChI=1S/C23H16N4OS/c1-14-16(22-27-20-10-5-13-24-23(20)29-22)7-4-9-17(14)26-21(28)19-12-11-15-6-2-3-8-18(15)25-19/h2-13H,1H3,(H,26,28). The number of fused-ring (bicyclic) bond motifs is 2. The number of carbonyl (C=O) groups is 1. The maximum Gasteiger partial charge on any atom is 0.274 e. The Morgan fingerprint density at radius 3 is 2.66 bits per heavy atom. The molecule has 1 amide bonds. The number of para-hydroxylation sites is 1. The Morgan fingerprint density at radius 1 is 0.897 bits per heavy atom. The predicted molar refractivity (Wildman–Crippen MR) is 117 cm³/mol. The first-order valence-corrected chi connectivity index (χ1v) is 9.99. The highest BCUT2D eigenvalue weighted by molar-refractivity contribution is 7.21. The van der Waals surface area contributed by atoms with Crippen LogP contribution < -0.4 is 5.32 Å². The van der Waals surface area contributed by atoms with Gasteiger partial charge in [-0.1, -0.05) is 47.7 Å². The second-order valence-corrected chi connectivity index (χ2v) is 7.65. The molecule has 0 radical (unpaired) electrons. The van der Waals surface area contributed by atoms with E-state index in [0.717, 1.165) is 43.1 Å². The minimum Gasteiger partial charge on any atom is -0.320 e. The van der Waals surface area contributed by atoms with Crippen LogP contribution in [0.15, 0.2) is 72.9 Å². The van der Waals surface area contributed by atoms with Crippen LogP contribution in [0.5, 0.6) is 0 Å². The van der Waals surface area contributed by atoms with E-state index in [0.29, 0.717) is 5.69 Å². The van der Waals surface area contributed by atoms with Crippen molar-refractivity contribution in [3.63, 3.8) is 0 Å². The summed E-state index contributed by atoms with van der Waals surface area (Å²) in [5, 5.41) is 4.89. The summed E-state index contributed by atoms with van der Waals surface area (Å²) >= 11 is 1.54. The van der Waals surface area contributed by atoms with Crippen molar-refractivity contribution in [3.8, 4) is 10.6 Å². The van der Waals surface area contributed by atoms with Crippen LogP contribution in [0.25, 0.3) is 31.8 Å². The van der Waals surface area contributed by atoms with Crippen LogP contribution in [0.3, 0.4) is 0 Å². The summed E-state index contributed by atoms with van der Waals surface area (Å²) in [5.41, 5.74) is 4.75. The van der Waals surface area contributed by atoms with Gasteiger partial charge in [0, 0.05) is 22.8 Å². The predicted octanol–water partition coefficient (Wildman–Crippen LogP) is 5.47. The Morgan fingerprint density at radius 2 is 1.76 bits per heavy atom. The van der Waals surface area contributed by atoms with Gasteiger partial charge in [-0.25, -0.2) is 15.0 Å². The largest absolute Gasteiger partial charge is 0.320 e. The monoisotopic (exact) mass is 396 g/mol. The number of anilines is 1. The van der Waals surface area contributed by atoms with Crippen molar-refractivity contribution >= 4 is 44.2 Å². The van der Waals surface area contributed by atoms with Crippen molar-refractivity contribution in [2.24, 2.45) is 0 Å². The highest BCUT2D eigenvalue weighted by Gasteiger charge is 2.14. The number of hydrogen-bond donors (Lipinski definition) is 1. The minimum absolute atomic E-state index is 0.234. The molecule has 0 fully saturated rings. The number of nitrogens with one attached hydrogen (secondary N) is 1. The number of carbonyl (C=O) groups excluding carboxylic acids is 1. The summed E-state index contributed by atoms with van der Waals surface area (Å²) in [7, 11) is 0. The van der Waals surface area contributed by atoms with Gasteiger partial charge in [-0.05, 0) is 42.8 Å². The van der Waals surface area contributed by atoms with Crippen LogP contribution in [-0.2, 0) is 0 Å². The molecule has 0 aliphatic heterocycles. The first-order chi connectivity index (χ1) is 14.2. The third-order valence-electron chi connectivity index (χ3n) is 4.81. The molecule has 140 valence electrons. The van der Waals surface area contributed by atoms with Gasteiger partial charge in [-0.3, -0.25) is 4.79 Å². The second kappa shape index (κ2) is 7.07. The van der Waals surface area contributed by atoms with Gasteiger partial charge in [0.05, 0.1) is 5.52 Å². The van der Waals surface area contributed by atoms with Crippen molar-refractivity contribution in [2.45, 2.75) is 6.92 Å². The molecule has 0 spiro atoms. The molecule has 3 heterocycles. The highest BCUT2D eigenvalue weighted by atomic mass is 32.1. The van der Waals surface area contributed by atoms with Gasteiger partial charge >= 0.3 is 0 Å². The van der Waals surface area contributed by atoms with E-state index in [4.69, 9.17) is 0 Å². The van der Waals surface area contributed by atoms with Crippen LogP contribution >= 0.6 is 11.3 Å². The molecular weight excluding hydrogens is 380 g/mol. The topological polar surface area (TPSA) is 67.8 Å². The first kappa shape index (κ1) is 17.5. The molecule has 2 aromatic carbocycles. The van der Waals surface area contributed by atoms with Gasteiger partial charge in [-0.2, -0.15) is 0 Å². The van der Waals surface area contributed by atoms with Crippen molar-refractivity contribution in [1.82, 2.24) is 15.0 Å². The van der Waals surface area contributed by atoms with E-state index in [9.17, 15) is 4.79 Å². The van der Waals surface area contributed by atoms with E-state index < -0.39 is 0 Å². The van der Waals surface area contributed by atoms with Gasteiger partial charge in [0.25, 0.3) is 5.91 Å². The third kappa shape index (κ3) is 3.23. The van der Waals surface area contributed by atoms with E-state index in [-0.39, 0.29) is 5.91 Å². The van der Waals surface area contributed by atoms with Crippen molar-refractivity contribution < 1.29 is 4.79 Å². The molecule has 3 aromatic heterocycles. The molecule has 5 rings (SSSR count). The van der Waals surface area contributed by atoms with Crippen LogP contribution in [0.1, 0.15) is 16.1 Å². The molecule has 6 heteroatoms. The van der Waals surface area contributed by atoms with E-state index >= 15 is 0 Å². The summed E-state index contributed by atoms with van der Waals surface area (Å²) in [6, 6.07) is 21.1. The summed E-state index contributed by atoms with van der Waals surface area (Å²) in [6.45, 7) is 1.98. The van der Waals surface area contributed by atoms with Crippen molar-refractivity contribution in [1.29, 1.82) is 0 Å². The van der Waals surface area contributed by atoms with Gasteiger partial charge < -0.3 is 5.32 Å². The average Bonchev–Trinajstić information content (AvgIpc) is 3.19. The van der Waals surface area contributed by atoms with E-state index in [1.54, 1.807) is 23.6 Å². The fourth-order valence-corrected chi connectivity index (χ4v) is 4.26. The Kier molecular flexibility index (Phi) is 4.26. The zero-order valence-corrected chi connectivity index (χ0v) is 16.4. The summed E-state index contributed by atoms with van der Waals surface area (Å²) in [5.74, 6) is -0.234. The smallest absolute Gasteiger partial charge is 0.274 e. The van der Waals surface area contributed by atoms with Gasteiger partial charge in [0.2, 0.25) is 0 Å². The molecule has 29 heavy (non-hydrogen) atoms. The lowest BCUT2D eigenvalue weighted by atomic mass is 10.1. The molecule has 0 bridgehead atoms. The number of hydrogen-bond acceptors (Lipinski definition) is 5. The quantitative estimate of drug-likeness (QED) is 0.439. The molecule has 5 aromatic rings. The number of pyridine rings is 2. The van der Waals surface area contributed by atoms with E-state index in [2.05, 4.69) is 20.3 Å². The van der Waals surface area contributed by atoms with Gasteiger partial charge in [0.15, 0.2) is 0 Å².